The number of rotatable bonds is 4. The van der Waals surface area contributed by atoms with Crippen LogP contribution in [0.25, 0.3) is 32.0 Å². The first-order valence-corrected chi connectivity index (χ1v) is 9.54. The molecule has 0 fully saturated rings. The van der Waals surface area contributed by atoms with E-state index in [9.17, 15) is 14.7 Å². The summed E-state index contributed by atoms with van der Waals surface area (Å²) in [6, 6.07) is 6.29. The predicted molar refractivity (Wildman–Crippen MR) is 103 cm³/mol. The Hall–Kier alpha value is -2.84. The molecule has 8 heteroatoms. The zero-order valence-electron chi connectivity index (χ0n) is 13.6. The third-order valence-corrected chi connectivity index (χ3v) is 5.87. The molecule has 6 nitrogen and oxygen atoms in total. The number of fused-ring (bicyclic) bond motifs is 1. The van der Waals surface area contributed by atoms with Crippen LogP contribution in [0.2, 0.25) is 0 Å². The lowest BCUT2D eigenvalue weighted by Crippen LogP contribution is -2.30. The number of thiophene rings is 2. The SMILES string of the molecule is CC(C(=O)O)n1c(-c2cccnc2)nc2scc(-c3cccs3)c2c1=O. The normalized spacial score (nSPS) is 12.3. The van der Waals surface area contributed by atoms with E-state index in [4.69, 9.17) is 0 Å². The minimum atomic E-state index is -1.09. The van der Waals surface area contributed by atoms with Crippen LogP contribution in [0.15, 0.2) is 52.2 Å². The molecule has 4 aromatic heterocycles. The first-order chi connectivity index (χ1) is 12.6. The number of carbonyl (C=O) groups is 1. The highest BCUT2D eigenvalue weighted by Gasteiger charge is 2.24. The summed E-state index contributed by atoms with van der Waals surface area (Å²) in [6.07, 6.45) is 3.19. The average Bonchev–Trinajstić information content (AvgIpc) is 3.31. The summed E-state index contributed by atoms with van der Waals surface area (Å²) >= 11 is 2.91. The van der Waals surface area contributed by atoms with E-state index in [0.29, 0.717) is 21.6 Å². The highest BCUT2D eigenvalue weighted by Crippen LogP contribution is 2.35. The highest BCUT2D eigenvalue weighted by molar-refractivity contribution is 7.18. The van der Waals surface area contributed by atoms with Gasteiger partial charge in [-0.25, -0.2) is 9.78 Å². The second kappa shape index (κ2) is 6.47. The molecule has 4 heterocycles. The number of aliphatic carboxylic acids is 1. The van der Waals surface area contributed by atoms with Gasteiger partial charge in [-0.3, -0.25) is 14.3 Å². The Labute approximate surface area is 156 Å². The second-order valence-electron chi connectivity index (χ2n) is 5.67. The summed E-state index contributed by atoms with van der Waals surface area (Å²) in [4.78, 5) is 35.2. The number of hydrogen-bond donors (Lipinski definition) is 1. The van der Waals surface area contributed by atoms with Gasteiger partial charge in [-0.2, -0.15) is 0 Å². The topological polar surface area (TPSA) is 85.1 Å². The van der Waals surface area contributed by atoms with E-state index in [1.165, 1.54) is 34.2 Å². The molecule has 0 radical (unpaired) electrons. The smallest absolute Gasteiger partial charge is 0.326 e. The first kappa shape index (κ1) is 16.6. The van der Waals surface area contributed by atoms with E-state index in [1.807, 2.05) is 22.9 Å². The van der Waals surface area contributed by atoms with Gasteiger partial charge in [-0.15, -0.1) is 22.7 Å². The van der Waals surface area contributed by atoms with Crippen molar-refractivity contribution in [1.29, 1.82) is 0 Å². The van der Waals surface area contributed by atoms with Crippen molar-refractivity contribution in [3.8, 4) is 21.8 Å². The number of carboxylic acids is 1. The highest BCUT2D eigenvalue weighted by atomic mass is 32.1. The van der Waals surface area contributed by atoms with Crippen molar-refractivity contribution in [1.82, 2.24) is 14.5 Å². The van der Waals surface area contributed by atoms with Crippen LogP contribution in [0.3, 0.4) is 0 Å². The largest absolute Gasteiger partial charge is 0.480 e. The van der Waals surface area contributed by atoms with E-state index in [1.54, 1.807) is 24.5 Å². The maximum Gasteiger partial charge on any atom is 0.326 e. The molecule has 26 heavy (non-hydrogen) atoms. The van der Waals surface area contributed by atoms with Gasteiger partial charge in [0.2, 0.25) is 0 Å². The van der Waals surface area contributed by atoms with Gasteiger partial charge in [0.1, 0.15) is 16.7 Å². The Bertz CT molecular complexity index is 1150. The molecule has 1 N–H and O–H groups in total. The summed E-state index contributed by atoms with van der Waals surface area (Å²) in [5, 5.41) is 13.8. The van der Waals surface area contributed by atoms with Gasteiger partial charge >= 0.3 is 5.97 Å². The van der Waals surface area contributed by atoms with Crippen LogP contribution in [-0.2, 0) is 4.79 Å². The van der Waals surface area contributed by atoms with Gasteiger partial charge in [0.25, 0.3) is 5.56 Å². The van der Waals surface area contributed by atoms with Gasteiger partial charge in [-0.1, -0.05) is 6.07 Å². The zero-order valence-corrected chi connectivity index (χ0v) is 15.3. The molecule has 0 bridgehead atoms. The third kappa shape index (κ3) is 2.63. The van der Waals surface area contributed by atoms with E-state index in [0.717, 1.165) is 10.4 Å². The fourth-order valence-electron chi connectivity index (χ4n) is 2.78. The lowest BCUT2D eigenvalue weighted by Gasteiger charge is -2.16. The second-order valence-corrected chi connectivity index (χ2v) is 7.48. The van der Waals surface area contributed by atoms with Gasteiger partial charge in [0, 0.05) is 33.8 Å². The third-order valence-electron chi connectivity index (χ3n) is 4.09. The Morgan fingerprint density at radius 3 is 2.77 bits per heavy atom. The minimum Gasteiger partial charge on any atom is -0.480 e. The quantitative estimate of drug-likeness (QED) is 0.578. The molecule has 0 aliphatic carbocycles. The molecule has 4 rings (SSSR count). The molecule has 0 amide bonds. The Morgan fingerprint density at radius 2 is 2.12 bits per heavy atom. The Morgan fingerprint density at radius 1 is 1.27 bits per heavy atom. The van der Waals surface area contributed by atoms with Crippen LogP contribution in [0.1, 0.15) is 13.0 Å². The Kier molecular flexibility index (Phi) is 4.14. The van der Waals surface area contributed by atoms with Crippen LogP contribution >= 0.6 is 22.7 Å². The van der Waals surface area contributed by atoms with E-state index < -0.39 is 12.0 Å². The molecule has 4 aromatic rings. The maximum atomic E-state index is 13.3. The van der Waals surface area contributed by atoms with Crippen molar-refractivity contribution in [2.45, 2.75) is 13.0 Å². The number of aromatic nitrogens is 3. The molecule has 0 saturated heterocycles. The maximum absolute atomic E-state index is 13.3. The summed E-state index contributed by atoms with van der Waals surface area (Å²) in [7, 11) is 0. The summed E-state index contributed by atoms with van der Waals surface area (Å²) in [5.74, 6) is -0.781. The van der Waals surface area contributed by atoms with Crippen LogP contribution < -0.4 is 5.56 Å². The first-order valence-electron chi connectivity index (χ1n) is 7.78. The molecule has 130 valence electrons. The average molecular weight is 383 g/mol. The molecule has 0 saturated carbocycles. The molecule has 1 unspecified atom stereocenters. The van der Waals surface area contributed by atoms with Crippen LogP contribution in [0.4, 0.5) is 0 Å². The minimum absolute atomic E-state index is 0.310. The zero-order chi connectivity index (χ0) is 18.3. The summed E-state index contributed by atoms with van der Waals surface area (Å²) < 4.78 is 1.24. The van der Waals surface area contributed by atoms with Crippen molar-refractivity contribution in [2.24, 2.45) is 0 Å². The number of nitrogens with zero attached hydrogens (tertiary/aromatic N) is 3. The van der Waals surface area contributed by atoms with Crippen molar-refractivity contribution in [3.05, 3.63) is 57.8 Å². The molecular weight excluding hydrogens is 370 g/mol. The van der Waals surface area contributed by atoms with Crippen LogP contribution in [0, 0.1) is 0 Å². The van der Waals surface area contributed by atoms with Crippen LogP contribution in [0.5, 0.6) is 0 Å². The molecular formula is C18H13N3O3S2. The molecule has 0 spiro atoms. The summed E-state index contributed by atoms with van der Waals surface area (Å²) in [5.41, 5.74) is 1.04. The van der Waals surface area contributed by atoms with Gasteiger partial charge < -0.3 is 5.11 Å². The predicted octanol–water partition coefficient (Wildman–Crippen LogP) is 3.89. The molecule has 1 atom stereocenters. The van der Waals surface area contributed by atoms with Crippen molar-refractivity contribution >= 4 is 38.9 Å². The van der Waals surface area contributed by atoms with Gasteiger partial charge in [0.05, 0.1) is 5.39 Å². The van der Waals surface area contributed by atoms with Crippen molar-refractivity contribution < 1.29 is 9.90 Å². The standard InChI is InChI=1S/C18H13N3O3S2/c1-10(18(23)24)21-15(11-4-2-6-19-8-11)20-16-14(17(21)22)12(9-26-16)13-5-3-7-25-13/h2-10H,1H3,(H,23,24). The number of pyridine rings is 1. The fourth-order valence-corrected chi connectivity index (χ4v) is 4.54. The van der Waals surface area contributed by atoms with Crippen molar-refractivity contribution in [2.75, 3.05) is 0 Å². The van der Waals surface area contributed by atoms with Crippen LogP contribution in [-0.4, -0.2) is 25.6 Å². The van der Waals surface area contributed by atoms with E-state index in [-0.39, 0.29) is 5.56 Å². The molecule has 0 aliphatic rings. The van der Waals surface area contributed by atoms with Crippen molar-refractivity contribution in [3.63, 3.8) is 0 Å². The van der Waals surface area contributed by atoms with Gasteiger partial charge in [0.15, 0.2) is 0 Å². The van der Waals surface area contributed by atoms with E-state index in [2.05, 4.69) is 9.97 Å². The molecule has 0 aliphatic heterocycles. The van der Waals surface area contributed by atoms with E-state index >= 15 is 0 Å². The number of hydrogen-bond acceptors (Lipinski definition) is 6. The van der Waals surface area contributed by atoms with Gasteiger partial charge in [-0.05, 0) is 30.5 Å². The lowest BCUT2D eigenvalue weighted by atomic mass is 10.1. The fraction of sp³-hybridized carbons (Fsp3) is 0.111. The lowest BCUT2D eigenvalue weighted by molar-refractivity contribution is -0.140. The number of carboxylic acid groups (broad SMARTS) is 1. The molecule has 0 aromatic carbocycles. The monoisotopic (exact) mass is 383 g/mol. The Balaban J connectivity index is 2.08. The summed E-state index contributed by atoms with van der Waals surface area (Å²) in [6.45, 7) is 1.48.